The molecule has 0 unspecified atom stereocenters. The third-order valence-electron chi connectivity index (χ3n) is 4.14. The van der Waals surface area contributed by atoms with Gasteiger partial charge >= 0.3 is 0 Å². The van der Waals surface area contributed by atoms with Crippen molar-refractivity contribution < 1.29 is 4.79 Å². The molecule has 128 valence electrons. The molecule has 1 N–H and O–H groups in total. The predicted molar refractivity (Wildman–Crippen MR) is 98.1 cm³/mol. The van der Waals surface area contributed by atoms with Gasteiger partial charge in [0.05, 0.1) is 4.88 Å². The maximum Gasteiger partial charge on any atom is 0.261 e. The zero-order valence-corrected chi connectivity index (χ0v) is 15.1. The third-order valence-corrected chi connectivity index (χ3v) is 5.14. The van der Waals surface area contributed by atoms with Crippen molar-refractivity contribution in [3.8, 4) is 0 Å². The van der Waals surface area contributed by atoms with E-state index in [1.54, 1.807) is 6.33 Å². The lowest BCUT2D eigenvalue weighted by Crippen LogP contribution is -2.48. The van der Waals surface area contributed by atoms with Gasteiger partial charge in [0.1, 0.15) is 18.0 Å². The number of carbonyl (C=O) groups is 1. The highest BCUT2D eigenvalue weighted by Crippen LogP contribution is 2.21. The molecular formula is C17H23N5OS. The first-order valence-corrected chi connectivity index (χ1v) is 8.96. The number of anilines is 2. The van der Waals surface area contributed by atoms with E-state index in [0.29, 0.717) is 0 Å². The summed E-state index contributed by atoms with van der Waals surface area (Å²) in [5, 5.41) is 3.16. The van der Waals surface area contributed by atoms with Gasteiger partial charge in [-0.25, -0.2) is 9.97 Å². The molecule has 0 radical (unpaired) electrons. The van der Waals surface area contributed by atoms with E-state index in [1.165, 1.54) is 11.3 Å². The summed E-state index contributed by atoms with van der Waals surface area (Å²) >= 11 is 1.53. The highest BCUT2D eigenvalue weighted by atomic mass is 32.1. The lowest BCUT2D eigenvalue weighted by atomic mass is 10.1. The summed E-state index contributed by atoms with van der Waals surface area (Å²) in [5.41, 5.74) is 0. The van der Waals surface area contributed by atoms with E-state index in [-0.39, 0.29) is 11.9 Å². The Hall–Kier alpha value is -2.15. The summed E-state index contributed by atoms with van der Waals surface area (Å²) in [6.07, 6.45) is 3.63. The Labute approximate surface area is 146 Å². The number of nitrogens with one attached hydrogen (secondary N) is 1. The summed E-state index contributed by atoms with van der Waals surface area (Å²) in [5.74, 6) is 1.83. The Morgan fingerprint density at radius 1 is 1.38 bits per heavy atom. The molecule has 1 saturated heterocycles. The van der Waals surface area contributed by atoms with Crippen molar-refractivity contribution in [2.24, 2.45) is 0 Å². The first-order chi connectivity index (χ1) is 11.5. The van der Waals surface area contributed by atoms with Crippen molar-refractivity contribution >= 4 is 28.9 Å². The molecule has 1 fully saturated rings. The molecule has 3 rings (SSSR count). The Kier molecular flexibility index (Phi) is 4.99. The van der Waals surface area contributed by atoms with Crippen LogP contribution in [0.25, 0.3) is 0 Å². The highest BCUT2D eigenvalue weighted by molar-refractivity contribution is 7.13. The zero-order valence-electron chi connectivity index (χ0n) is 14.3. The maximum atomic E-state index is 12.4. The molecule has 1 aliphatic rings. The molecule has 0 bridgehead atoms. The van der Waals surface area contributed by atoms with Crippen LogP contribution in [0, 0.1) is 6.92 Å². The van der Waals surface area contributed by atoms with E-state index in [9.17, 15) is 4.79 Å². The van der Waals surface area contributed by atoms with Crippen molar-refractivity contribution in [2.45, 2.75) is 25.8 Å². The van der Waals surface area contributed by atoms with E-state index >= 15 is 0 Å². The topological polar surface area (TPSA) is 61.4 Å². The van der Waals surface area contributed by atoms with Crippen molar-refractivity contribution in [1.82, 2.24) is 15.3 Å². The molecule has 1 atom stereocenters. The molecule has 0 saturated carbocycles. The smallest absolute Gasteiger partial charge is 0.261 e. The fourth-order valence-electron chi connectivity index (χ4n) is 2.87. The standard InChI is InChI=1S/C17H23N5OS/c1-12-6-7-14(24-12)17(23)20-13-5-4-8-22(10-13)16-9-15(21(2)3)18-11-19-16/h6-7,9,11,13H,4-5,8,10H2,1-3H3,(H,20,23)/t13-/m0/s1. The molecule has 0 aromatic carbocycles. The first-order valence-electron chi connectivity index (χ1n) is 8.14. The molecule has 3 heterocycles. The van der Waals surface area contributed by atoms with Gasteiger partial charge < -0.3 is 15.1 Å². The van der Waals surface area contributed by atoms with Crippen LogP contribution in [0.1, 0.15) is 27.4 Å². The second-order valence-corrected chi connectivity index (χ2v) is 7.59. The minimum absolute atomic E-state index is 0.0246. The van der Waals surface area contributed by atoms with Crippen LogP contribution in [-0.2, 0) is 0 Å². The van der Waals surface area contributed by atoms with E-state index in [0.717, 1.165) is 47.3 Å². The summed E-state index contributed by atoms with van der Waals surface area (Å²) in [7, 11) is 3.93. The molecular weight excluding hydrogens is 322 g/mol. The van der Waals surface area contributed by atoms with E-state index in [1.807, 2.05) is 44.1 Å². The van der Waals surface area contributed by atoms with Crippen LogP contribution in [0.3, 0.4) is 0 Å². The SMILES string of the molecule is Cc1ccc(C(=O)N[C@H]2CCCN(c3cc(N(C)C)ncn3)C2)s1. The first kappa shape index (κ1) is 16.7. The van der Waals surface area contributed by atoms with Crippen LogP contribution in [0.15, 0.2) is 24.5 Å². The normalized spacial score (nSPS) is 17.6. The van der Waals surface area contributed by atoms with Gasteiger partial charge in [-0.1, -0.05) is 0 Å². The van der Waals surface area contributed by atoms with Crippen LogP contribution in [0.4, 0.5) is 11.6 Å². The summed E-state index contributed by atoms with van der Waals surface area (Å²) in [6, 6.07) is 6.01. The van der Waals surface area contributed by atoms with Gasteiger partial charge in [0.25, 0.3) is 5.91 Å². The lowest BCUT2D eigenvalue weighted by Gasteiger charge is -2.34. The van der Waals surface area contributed by atoms with Crippen molar-refractivity contribution in [1.29, 1.82) is 0 Å². The Morgan fingerprint density at radius 3 is 2.92 bits per heavy atom. The van der Waals surface area contributed by atoms with Crippen LogP contribution in [0.5, 0.6) is 0 Å². The largest absolute Gasteiger partial charge is 0.363 e. The number of thiophene rings is 1. The summed E-state index contributed by atoms with van der Waals surface area (Å²) < 4.78 is 0. The van der Waals surface area contributed by atoms with Gasteiger partial charge in [0.2, 0.25) is 0 Å². The predicted octanol–water partition coefficient (Wildman–Crippen LogP) is 2.31. The molecule has 7 heteroatoms. The molecule has 1 amide bonds. The average molecular weight is 345 g/mol. The van der Waals surface area contributed by atoms with Crippen LogP contribution >= 0.6 is 11.3 Å². The number of piperidine rings is 1. The van der Waals surface area contributed by atoms with E-state index < -0.39 is 0 Å². The van der Waals surface area contributed by atoms with Gasteiger partial charge in [0, 0.05) is 44.2 Å². The minimum Gasteiger partial charge on any atom is -0.363 e. The number of carbonyl (C=O) groups excluding carboxylic acids is 1. The lowest BCUT2D eigenvalue weighted by molar-refractivity contribution is 0.0937. The summed E-state index contributed by atoms with van der Waals surface area (Å²) in [4.78, 5) is 27.1. The molecule has 1 aliphatic heterocycles. The van der Waals surface area contributed by atoms with E-state index in [4.69, 9.17) is 0 Å². The number of aromatic nitrogens is 2. The highest BCUT2D eigenvalue weighted by Gasteiger charge is 2.23. The second-order valence-electron chi connectivity index (χ2n) is 6.30. The molecule has 2 aromatic rings. The number of nitrogens with zero attached hydrogens (tertiary/aromatic N) is 4. The minimum atomic E-state index is 0.0246. The quantitative estimate of drug-likeness (QED) is 0.921. The molecule has 2 aromatic heterocycles. The molecule has 0 aliphatic carbocycles. The van der Waals surface area contributed by atoms with Gasteiger partial charge in [0.15, 0.2) is 0 Å². The number of amides is 1. The fourth-order valence-corrected chi connectivity index (χ4v) is 3.64. The Morgan fingerprint density at radius 2 is 2.21 bits per heavy atom. The molecule has 24 heavy (non-hydrogen) atoms. The number of hydrogen-bond donors (Lipinski definition) is 1. The summed E-state index contributed by atoms with van der Waals surface area (Å²) in [6.45, 7) is 3.75. The molecule has 0 spiro atoms. The van der Waals surface area contributed by atoms with Crippen molar-refractivity contribution in [2.75, 3.05) is 37.0 Å². The van der Waals surface area contributed by atoms with Crippen LogP contribution in [0.2, 0.25) is 0 Å². The maximum absolute atomic E-state index is 12.4. The van der Waals surface area contributed by atoms with Gasteiger partial charge in [-0.05, 0) is 31.9 Å². The average Bonchev–Trinajstić information content (AvgIpc) is 3.02. The molecule has 6 nitrogen and oxygen atoms in total. The second kappa shape index (κ2) is 7.17. The van der Waals surface area contributed by atoms with Crippen LogP contribution in [-0.4, -0.2) is 49.1 Å². The van der Waals surface area contributed by atoms with Crippen molar-refractivity contribution in [3.05, 3.63) is 34.3 Å². The van der Waals surface area contributed by atoms with Gasteiger partial charge in [-0.15, -0.1) is 11.3 Å². The van der Waals surface area contributed by atoms with Crippen LogP contribution < -0.4 is 15.1 Å². The van der Waals surface area contributed by atoms with Crippen molar-refractivity contribution in [3.63, 3.8) is 0 Å². The number of aryl methyl sites for hydroxylation is 1. The third kappa shape index (κ3) is 3.84. The zero-order chi connectivity index (χ0) is 17.1. The number of hydrogen-bond acceptors (Lipinski definition) is 6. The Balaban J connectivity index is 1.66. The Bertz CT molecular complexity index is 715. The number of rotatable bonds is 4. The monoisotopic (exact) mass is 345 g/mol. The fraction of sp³-hybridized carbons (Fsp3) is 0.471. The van der Waals surface area contributed by atoms with Gasteiger partial charge in [-0.3, -0.25) is 4.79 Å². The van der Waals surface area contributed by atoms with Gasteiger partial charge in [-0.2, -0.15) is 0 Å². The van der Waals surface area contributed by atoms with E-state index in [2.05, 4.69) is 20.2 Å².